The lowest BCUT2D eigenvalue weighted by Gasteiger charge is -2.38. The molecule has 0 bridgehead atoms. The first-order valence-corrected chi connectivity index (χ1v) is 10.4. The molecule has 1 atom stereocenters. The molecular weight excluding hydrogens is 370 g/mol. The Bertz CT molecular complexity index is 977. The topological polar surface area (TPSA) is 37.3 Å². The Kier molecular flexibility index (Phi) is 5.42. The van der Waals surface area contributed by atoms with Gasteiger partial charge in [-0.25, -0.2) is 0 Å². The highest BCUT2D eigenvalue weighted by atomic mass is 35.5. The summed E-state index contributed by atoms with van der Waals surface area (Å²) in [6.45, 7) is 5.41. The number of carbonyl (C=O) groups is 1. The monoisotopic (exact) mass is 395 g/mol. The molecule has 1 aliphatic rings. The van der Waals surface area contributed by atoms with E-state index in [1.165, 1.54) is 6.42 Å². The van der Waals surface area contributed by atoms with Crippen LogP contribution in [-0.4, -0.2) is 34.1 Å². The maximum atomic E-state index is 13.3. The third kappa shape index (κ3) is 3.67. The van der Waals surface area contributed by atoms with Gasteiger partial charge in [-0.1, -0.05) is 29.8 Å². The fraction of sp³-hybridized carbons (Fsp3) is 0.348. The summed E-state index contributed by atoms with van der Waals surface area (Å²) in [6.07, 6.45) is 3.41. The minimum absolute atomic E-state index is 0.0382. The molecule has 1 aromatic heterocycles. The zero-order valence-electron chi connectivity index (χ0n) is 16.4. The van der Waals surface area contributed by atoms with Crippen molar-refractivity contribution in [2.75, 3.05) is 6.54 Å². The Morgan fingerprint density at radius 2 is 1.86 bits per heavy atom. The molecule has 5 heteroatoms. The molecule has 4 nitrogen and oxygen atoms in total. The van der Waals surface area contributed by atoms with Crippen molar-refractivity contribution in [2.45, 2.75) is 45.3 Å². The van der Waals surface area contributed by atoms with Crippen LogP contribution in [0.2, 0.25) is 5.02 Å². The SMILES string of the molecule is CC(C)N1CCCCC1NC(=O)c1cc2ccccc2n1-c1ccc(Cl)cc1. The number of fused-ring (bicyclic) bond motifs is 1. The number of halogens is 1. The number of hydrogen-bond acceptors (Lipinski definition) is 2. The fourth-order valence-corrected chi connectivity index (χ4v) is 4.27. The second-order valence-electron chi connectivity index (χ2n) is 7.72. The number of hydrogen-bond donors (Lipinski definition) is 1. The van der Waals surface area contributed by atoms with Crippen molar-refractivity contribution in [1.29, 1.82) is 0 Å². The molecule has 1 amide bonds. The van der Waals surface area contributed by atoms with Gasteiger partial charge in [-0.15, -0.1) is 0 Å². The maximum Gasteiger partial charge on any atom is 0.269 e. The second-order valence-corrected chi connectivity index (χ2v) is 8.15. The van der Waals surface area contributed by atoms with Gasteiger partial charge in [-0.2, -0.15) is 0 Å². The van der Waals surface area contributed by atoms with Crippen LogP contribution >= 0.6 is 11.6 Å². The number of rotatable bonds is 4. The van der Waals surface area contributed by atoms with E-state index in [1.54, 1.807) is 0 Å². The minimum Gasteiger partial charge on any atom is -0.335 e. The van der Waals surface area contributed by atoms with Gasteiger partial charge in [0.15, 0.2) is 0 Å². The van der Waals surface area contributed by atoms with Crippen LogP contribution in [0.1, 0.15) is 43.6 Å². The summed E-state index contributed by atoms with van der Waals surface area (Å²) < 4.78 is 2.02. The summed E-state index contributed by atoms with van der Waals surface area (Å²) in [6, 6.07) is 18.1. The molecule has 1 saturated heterocycles. The van der Waals surface area contributed by atoms with Gasteiger partial charge in [0.05, 0.1) is 11.7 Å². The predicted molar refractivity (Wildman–Crippen MR) is 115 cm³/mol. The van der Waals surface area contributed by atoms with Gasteiger partial charge in [0.1, 0.15) is 5.69 Å². The Labute approximate surface area is 171 Å². The largest absolute Gasteiger partial charge is 0.335 e. The highest BCUT2D eigenvalue weighted by molar-refractivity contribution is 6.30. The van der Waals surface area contributed by atoms with Gasteiger partial charge in [0.2, 0.25) is 0 Å². The molecule has 4 rings (SSSR count). The van der Waals surface area contributed by atoms with Crippen molar-refractivity contribution in [1.82, 2.24) is 14.8 Å². The van der Waals surface area contributed by atoms with E-state index in [2.05, 4.69) is 24.1 Å². The number of para-hydroxylation sites is 1. The van der Waals surface area contributed by atoms with E-state index in [9.17, 15) is 4.79 Å². The highest BCUT2D eigenvalue weighted by Crippen LogP contribution is 2.26. The van der Waals surface area contributed by atoms with Crippen LogP contribution in [0.5, 0.6) is 0 Å². The quantitative estimate of drug-likeness (QED) is 0.656. The van der Waals surface area contributed by atoms with E-state index in [4.69, 9.17) is 11.6 Å². The summed E-state index contributed by atoms with van der Waals surface area (Å²) in [5.74, 6) is -0.0382. The van der Waals surface area contributed by atoms with Gasteiger partial charge >= 0.3 is 0 Å². The molecule has 2 heterocycles. The standard InChI is InChI=1S/C23H26ClN3O/c1-16(2)26-14-6-5-9-22(26)25-23(28)21-15-17-7-3-4-8-20(17)27(21)19-12-10-18(24)11-13-19/h3-4,7-8,10-13,15-16,22H,5-6,9,14H2,1-2H3,(H,25,28). The predicted octanol–water partition coefficient (Wildman–Crippen LogP) is 5.23. The van der Waals surface area contributed by atoms with Gasteiger partial charge in [0, 0.05) is 28.7 Å². The molecule has 1 aliphatic heterocycles. The van der Waals surface area contributed by atoms with Crippen LogP contribution < -0.4 is 5.32 Å². The number of nitrogens with zero attached hydrogens (tertiary/aromatic N) is 2. The lowest BCUT2D eigenvalue weighted by atomic mass is 10.1. The first kappa shape index (κ1) is 19.0. The second kappa shape index (κ2) is 7.98. The third-order valence-corrected chi connectivity index (χ3v) is 5.79. The van der Waals surface area contributed by atoms with E-state index in [0.29, 0.717) is 16.8 Å². The Morgan fingerprint density at radius 3 is 2.61 bits per heavy atom. The average molecular weight is 396 g/mol. The summed E-state index contributed by atoms with van der Waals surface area (Å²) in [5.41, 5.74) is 2.59. The van der Waals surface area contributed by atoms with Crippen molar-refractivity contribution < 1.29 is 4.79 Å². The summed E-state index contributed by atoms with van der Waals surface area (Å²) in [4.78, 5) is 15.7. The molecule has 3 aromatic rings. The molecule has 146 valence electrons. The average Bonchev–Trinajstić information content (AvgIpc) is 3.08. The van der Waals surface area contributed by atoms with Crippen molar-refractivity contribution in [2.24, 2.45) is 0 Å². The smallest absolute Gasteiger partial charge is 0.269 e. The summed E-state index contributed by atoms with van der Waals surface area (Å²) in [5, 5.41) is 5.02. The molecule has 0 spiro atoms. The Morgan fingerprint density at radius 1 is 1.11 bits per heavy atom. The van der Waals surface area contributed by atoms with Crippen molar-refractivity contribution >= 4 is 28.4 Å². The van der Waals surface area contributed by atoms with Crippen LogP contribution in [0.25, 0.3) is 16.6 Å². The zero-order chi connectivity index (χ0) is 19.7. The van der Waals surface area contributed by atoms with E-state index in [-0.39, 0.29) is 12.1 Å². The number of likely N-dealkylation sites (tertiary alicyclic amines) is 1. The van der Waals surface area contributed by atoms with Crippen LogP contribution in [0.3, 0.4) is 0 Å². The van der Waals surface area contributed by atoms with E-state index in [0.717, 1.165) is 36.0 Å². The molecule has 1 unspecified atom stereocenters. The number of piperidine rings is 1. The minimum atomic E-state index is -0.0382. The molecular formula is C23H26ClN3O. The zero-order valence-corrected chi connectivity index (χ0v) is 17.1. The van der Waals surface area contributed by atoms with Crippen LogP contribution in [0.15, 0.2) is 54.6 Å². The number of aromatic nitrogens is 1. The number of amides is 1. The lowest BCUT2D eigenvalue weighted by Crippen LogP contribution is -2.53. The molecule has 0 aliphatic carbocycles. The third-order valence-electron chi connectivity index (χ3n) is 5.53. The number of benzene rings is 2. The lowest BCUT2D eigenvalue weighted by molar-refractivity contribution is 0.0666. The van der Waals surface area contributed by atoms with E-state index in [1.807, 2.05) is 59.2 Å². The van der Waals surface area contributed by atoms with Crippen molar-refractivity contribution in [3.63, 3.8) is 0 Å². The Hall–Kier alpha value is -2.30. The summed E-state index contributed by atoms with van der Waals surface area (Å²) in [7, 11) is 0. The van der Waals surface area contributed by atoms with Gasteiger partial charge in [-0.05, 0) is 69.5 Å². The van der Waals surface area contributed by atoms with Gasteiger partial charge in [0.25, 0.3) is 5.91 Å². The Balaban J connectivity index is 1.72. The molecule has 1 fully saturated rings. The fourth-order valence-electron chi connectivity index (χ4n) is 4.14. The van der Waals surface area contributed by atoms with E-state index < -0.39 is 0 Å². The van der Waals surface area contributed by atoms with Crippen molar-refractivity contribution in [3.05, 3.63) is 65.3 Å². The number of nitrogens with one attached hydrogen (secondary N) is 1. The highest BCUT2D eigenvalue weighted by Gasteiger charge is 2.27. The normalized spacial score (nSPS) is 17.9. The van der Waals surface area contributed by atoms with Crippen LogP contribution in [0.4, 0.5) is 0 Å². The van der Waals surface area contributed by atoms with Gasteiger partial charge < -0.3 is 9.88 Å². The summed E-state index contributed by atoms with van der Waals surface area (Å²) >= 11 is 6.07. The first-order chi connectivity index (χ1) is 13.5. The van der Waals surface area contributed by atoms with Crippen LogP contribution in [-0.2, 0) is 0 Å². The molecule has 0 saturated carbocycles. The maximum absolute atomic E-state index is 13.3. The number of carbonyl (C=O) groups excluding carboxylic acids is 1. The molecule has 28 heavy (non-hydrogen) atoms. The van der Waals surface area contributed by atoms with Gasteiger partial charge in [-0.3, -0.25) is 9.69 Å². The van der Waals surface area contributed by atoms with Crippen LogP contribution in [0, 0.1) is 0 Å². The molecule has 1 N–H and O–H groups in total. The first-order valence-electron chi connectivity index (χ1n) is 9.97. The van der Waals surface area contributed by atoms with Crippen molar-refractivity contribution in [3.8, 4) is 5.69 Å². The molecule has 0 radical (unpaired) electrons. The van der Waals surface area contributed by atoms with E-state index >= 15 is 0 Å². The molecule has 2 aromatic carbocycles.